The first-order valence-electron chi connectivity index (χ1n) is 8.25. The Hall–Kier alpha value is -3.16. The minimum atomic E-state index is -0.664. The third-order valence-electron chi connectivity index (χ3n) is 4.45. The average Bonchev–Trinajstić information content (AvgIpc) is 3.07. The standard InChI is InChI=1S/C18H17FN4O3/c1-22-8-12(7-20-22)11-3-2-4-23(9-11)18(25)13-5-15-16(6-14(13)19)26-10-17(24)21-15/h3,5-8H,2,4,9-10H2,1H3,(H,21,24). The molecule has 2 aliphatic rings. The lowest BCUT2D eigenvalue weighted by Crippen LogP contribution is -2.36. The van der Waals surface area contributed by atoms with E-state index in [4.69, 9.17) is 4.74 Å². The molecule has 0 atom stereocenters. The number of aryl methyl sites for hydroxylation is 1. The van der Waals surface area contributed by atoms with Gasteiger partial charge in [-0.25, -0.2) is 4.39 Å². The molecule has 0 aliphatic carbocycles. The summed E-state index contributed by atoms with van der Waals surface area (Å²) in [4.78, 5) is 25.9. The smallest absolute Gasteiger partial charge is 0.262 e. The molecule has 0 unspecified atom stereocenters. The normalized spacial score (nSPS) is 16.5. The third-order valence-corrected chi connectivity index (χ3v) is 4.45. The molecule has 0 bridgehead atoms. The number of nitrogens with one attached hydrogen (secondary N) is 1. The Kier molecular flexibility index (Phi) is 3.95. The number of benzene rings is 1. The molecule has 2 amide bonds. The fourth-order valence-electron chi connectivity index (χ4n) is 3.15. The molecule has 0 saturated heterocycles. The first-order chi connectivity index (χ1) is 12.5. The molecule has 4 rings (SSSR count). The molecule has 1 aromatic heterocycles. The van der Waals surface area contributed by atoms with Crippen LogP contribution in [0.5, 0.6) is 5.75 Å². The van der Waals surface area contributed by atoms with Gasteiger partial charge in [0.1, 0.15) is 11.6 Å². The van der Waals surface area contributed by atoms with Crippen molar-refractivity contribution in [3.8, 4) is 5.75 Å². The summed E-state index contributed by atoms with van der Waals surface area (Å²) in [6.45, 7) is 0.719. The minimum Gasteiger partial charge on any atom is -0.481 e. The topological polar surface area (TPSA) is 76.5 Å². The van der Waals surface area contributed by atoms with Gasteiger partial charge in [0, 0.05) is 38.0 Å². The van der Waals surface area contributed by atoms with E-state index in [0.717, 1.165) is 17.2 Å². The van der Waals surface area contributed by atoms with Gasteiger partial charge in [-0.3, -0.25) is 14.3 Å². The highest BCUT2D eigenvalue weighted by Crippen LogP contribution is 2.31. The molecule has 3 heterocycles. The van der Waals surface area contributed by atoms with E-state index in [0.29, 0.717) is 25.2 Å². The summed E-state index contributed by atoms with van der Waals surface area (Å²) in [5, 5.41) is 6.75. The number of hydrogen-bond donors (Lipinski definition) is 1. The Balaban J connectivity index is 1.59. The Bertz CT molecular complexity index is 935. The van der Waals surface area contributed by atoms with E-state index in [1.165, 1.54) is 6.07 Å². The van der Waals surface area contributed by atoms with Gasteiger partial charge in [-0.05, 0) is 18.1 Å². The molecule has 0 spiro atoms. The van der Waals surface area contributed by atoms with Gasteiger partial charge in [-0.15, -0.1) is 0 Å². The van der Waals surface area contributed by atoms with Crippen LogP contribution in [0.25, 0.3) is 5.57 Å². The van der Waals surface area contributed by atoms with Gasteiger partial charge in [0.25, 0.3) is 11.8 Å². The third kappa shape index (κ3) is 2.94. The molecule has 134 valence electrons. The summed E-state index contributed by atoms with van der Waals surface area (Å²) < 4.78 is 21.3. The maximum atomic E-state index is 14.4. The zero-order chi connectivity index (χ0) is 18.3. The molecule has 1 N–H and O–H groups in total. The van der Waals surface area contributed by atoms with Gasteiger partial charge in [0.05, 0.1) is 17.4 Å². The van der Waals surface area contributed by atoms with Crippen LogP contribution in [0.15, 0.2) is 30.6 Å². The van der Waals surface area contributed by atoms with Gasteiger partial charge in [-0.2, -0.15) is 5.10 Å². The van der Waals surface area contributed by atoms with Crippen LogP contribution in [0.1, 0.15) is 22.3 Å². The van der Waals surface area contributed by atoms with Crippen LogP contribution in [0.3, 0.4) is 0 Å². The molecule has 0 fully saturated rings. The predicted molar refractivity (Wildman–Crippen MR) is 92.2 cm³/mol. The SMILES string of the molecule is Cn1cc(C2=CCCN(C(=O)c3cc4c(cc3F)OCC(=O)N4)C2)cn1. The Morgan fingerprint density at radius 3 is 3.00 bits per heavy atom. The van der Waals surface area contributed by atoms with Crippen molar-refractivity contribution < 1.29 is 18.7 Å². The van der Waals surface area contributed by atoms with E-state index in [1.807, 2.05) is 13.2 Å². The van der Waals surface area contributed by atoms with Gasteiger partial charge in [0.15, 0.2) is 6.61 Å². The number of amides is 2. The van der Waals surface area contributed by atoms with Crippen LogP contribution in [-0.4, -0.2) is 46.2 Å². The van der Waals surface area contributed by atoms with Crippen molar-refractivity contribution in [1.29, 1.82) is 0 Å². The first kappa shape index (κ1) is 16.3. The monoisotopic (exact) mass is 356 g/mol. The number of ether oxygens (including phenoxy) is 1. The lowest BCUT2D eigenvalue weighted by atomic mass is 10.0. The van der Waals surface area contributed by atoms with Gasteiger partial charge < -0.3 is 15.0 Å². The lowest BCUT2D eigenvalue weighted by molar-refractivity contribution is -0.118. The maximum Gasteiger partial charge on any atom is 0.262 e. The number of anilines is 1. The second-order valence-corrected chi connectivity index (χ2v) is 6.31. The quantitative estimate of drug-likeness (QED) is 0.891. The van der Waals surface area contributed by atoms with E-state index in [2.05, 4.69) is 16.5 Å². The molecular weight excluding hydrogens is 339 g/mol. The van der Waals surface area contributed by atoms with E-state index in [9.17, 15) is 14.0 Å². The summed E-state index contributed by atoms with van der Waals surface area (Å²) in [6.07, 6.45) is 6.37. The molecule has 2 aliphatic heterocycles. The number of fused-ring (bicyclic) bond motifs is 1. The van der Waals surface area contributed by atoms with Crippen LogP contribution in [0.4, 0.5) is 10.1 Å². The number of aromatic nitrogens is 2. The maximum absolute atomic E-state index is 14.4. The largest absolute Gasteiger partial charge is 0.481 e. The van der Waals surface area contributed by atoms with Crippen molar-refractivity contribution in [2.45, 2.75) is 6.42 Å². The van der Waals surface area contributed by atoms with Gasteiger partial charge in [-0.1, -0.05) is 6.08 Å². The van der Waals surface area contributed by atoms with Crippen LogP contribution >= 0.6 is 0 Å². The van der Waals surface area contributed by atoms with Gasteiger partial charge >= 0.3 is 0 Å². The molecule has 2 aromatic rings. The summed E-state index contributed by atoms with van der Waals surface area (Å²) in [5.74, 6) is -1.18. The lowest BCUT2D eigenvalue weighted by Gasteiger charge is -2.28. The van der Waals surface area contributed by atoms with E-state index in [-0.39, 0.29) is 23.8 Å². The average molecular weight is 356 g/mol. The second-order valence-electron chi connectivity index (χ2n) is 6.31. The summed E-state index contributed by atoms with van der Waals surface area (Å²) in [6, 6.07) is 2.48. The summed E-state index contributed by atoms with van der Waals surface area (Å²) in [5.41, 5.74) is 2.15. The first-order valence-corrected chi connectivity index (χ1v) is 8.25. The molecule has 1 aromatic carbocycles. The van der Waals surface area contributed by atoms with Crippen LogP contribution < -0.4 is 10.1 Å². The van der Waals surface area contributed by atoms with Crippen LogP contribution in [0, 0.1) is 5.82 Å². The fraction of sp³-hybridized carbons (Fsp3) is 0.278. The molecule has 26 heavy (non-hydrogen) atoms. The highest BCUT2D eigenvalue weighted by molar-refractivity contribution is 6.00. The van der Waals surface area contributed by atoms with Gasteiger partial charge in [0.2, 0.25) is 0 Å². The minimum absolute atomic E-state index is 0.0815. The fourth-order valence-corrected chi connectivity index (χ4v) is 3.15. The highest BCUT2D eigenvalue weighted by atomic mass is 19.1. The zero-order valence-corrected chi connectivity index (χ0v) is 14.2. The second kappa shape index (κ2) is 6.29. The zero-order valence-electron chi connectivity index (χ0n) is 14.2. The number of halogens is 1. The predicted octanol–water partition coefficient (Wildman–Crippen LogP) is 1.82. The molecular formula is C18H17FN4O3. The van der Waals surface area contributed by atoms with Crippen LogP contribution in [-0.2, 0) is 11.8 Å². The summed E-state index contributed by atoms with van der Waals surface area (Å²) >= 11 is 0. The van der Waals surface area contributed by atoms with Crippen molar-refractivity contribution in [3.63, 3.8) is 0 Å². The number of rotatable bonds is 2. The Morgan fingerprint density at radius 2 is 2.23 bits per heavy atom. The van der Waals surface area contributed by atoms with Crippen molar-refractivity contribution in [2.24, 2.45) is 7.05 Å². The van der Waals surface area contributed by atoms with E-state index in [1.54, 1.807) is 15.8 Å². The van der Waals surface area contributed by atoms with E-state index < -0.39 is 11.7 Å². The molecule has 7 nitrogen and oxygen atoms in total. The Morgan fingerprint density at radius 1 is 1.38 bits per heavy atom. The van der Waals surface area contributed by atoms with Crippen molar-refractivity contribution in [2.75, 3.05) is 25.0 Å². The van der Waals surface area contributed by atoms with Crippen molar-refractivity contribution in [3.05, 3.63) is 47.5 Å². The Labute approximate surface area is 149 Å². The molecule has 0 radical (unpaired) electrons. The van der Waals surface area contributed by atoms with Crippen LogP contribution in [0.2, 0.25) is 0 Å². The number of carbonyl (C=O) groups is 2. The van der Waals surface area contributed by atoms with Crippen molar-refractivity contribution in [1.82, 2.24) is 14.7 Å². The number of carbonyl (C=O) groups excluding carboxylic acids is 2. The molecule has 8 heteroatoms. The molecule has 0 saturated carbocycles. The summed E-state index contributed by atoms with van der Waals surface area (Å²) in [7, 11) is 1.83. The van der Waals surface area contributed by atoms with E-state index >= 15 is 0 Å². The highest BCUT2D eigenvalue weighted by Gasteiger charge is 2.26. The van der Waals surface area contributed by atoms with Crippen molar-refractivity contribution >= 4 is 23.1 Å². The number of nitrogens with zero attached hydrogens (tertiary/aromatic N) is 3. The number of hydrogen-bond acceptors (Lipinski definition) is 4.